The number of aryl methyl sites for hydroxylation is 1. The fourth-order valence-corrected chi connectivity index (χ4v) is 1.27. The lowest BCUT2D eigenvalue weighted by atomic mass is 10.1. The second-order valence-electron chi connectivity index (χ2n) is 3.47. The van der Waals surface area contributed by atoms with Gasteiger partial charge in [0.15, 0.2) is 0 Å². The number of amides is 1. The third-order valence-electron chi connectivity index (χ3n) is 1.98. The minimum absolute atomic E-state index is 0.0160. The third kappa shape index (κ3) is 4.54. The van der Waals surface area contributed by atoms with Gasteiger partial charge in [0.05, 0.1) is 5.69 Å². The van der Waals surface area contributed by atoms with Crippen molar-refractivity contribution in [2.24, 2.45) is 5.73 Å². The van der Waals surface area contributed by atoms with Gasteiger partial charge in [-0.3, -0.25) is 9.59 Å². The van der Waals surface area contributed by atoms with Gasteiger partial charge in [0.2, 0.25) is 5.91 Å². The zero-order valence-corrected chi connectivity index (χ0v) is 8.80. The molecule has 0 aliphatic carbocycles. The lowest BCUT2D eigenvalue weighted by Gasteiger charge is -1.94. The van der Waals surface area contributed by atoms with Gasteiger partial charge in [-0.25, -0.2) is 4.68 Å². The Labute approximate surface area is 92.2 Å². The molecule has 88 valence electrons. The Balaban J connectivity index is 2.29. The van der Waals surface area contributed by atoms with E-state index in [4.69, 9.17) is 10.8 Å². The summed E-state index contributed by atoms with van der Waals surface area (Å²) in [5.74, 6) is -1.26. The first kappa shape index (κ1) is 12.2. The van der Waals surface area contributed by atoms with Crippen molar-refractivity contribution in [1.82, 2.24) is 15.0 Å². The lowest BCUT2D eigenvalue weighted by Crippen LogP contribution is -2.18. The maximum absolute atomic E-state index is 10.6. The molecule has 0 aliphatic heterocycles. The SMILES string of the molecule is NC(=O)Cn1cc(CCCCC(=O)O)nn1. The van der Waals surface area contributed by atoms with Crippen LogP contribution in [-0.4, -0.2) is 32.0 Å². The summed E-state index contributed by atoms with van der Waals surface area (Å²) >= 11 is 0. The van der Waals surface area contributed by atoms with Crippen molar-refractivity contribution < 1.29 is 14.7 Å². The molecule has 3 N–H and O–H groups in total. The largest absolute Gasteiger partial charge is 0.481 e. The van der Waals surface area contributed by atoms with Gasteiger partial charge in [-0.2, -0.15) is 0 Å². The molecule has 0 aromatic carbocycles. The van der Waals surface area contributed by atoms with E-state index in [0.29, 0.717) is 12.8 Å². The molecule has 1 rings (SSSR count). The summed E-state index contributed by atoms with van der Waals surface area (Å²) in [7, 11) is 0. The van der Waals surface area contributed by atoms with E-state index in [0.717, 1.165) is 12.1 Å². The molecule has 7 nitrogen and oxygen atoms in total. The van der Waals surface area contributed by atoms with E-state index >= 15 is 0 Å². The van der Waals surface area contributed by atoms with Gasteiger partial charge < -0.3 is 10.8 Å². The first-order chi connectivity index (χ1) is 7.58. The number of hydrogen-bond acceptors (Lipinski definition) is 4. The third-order valence-corrected chi connectivity index (χ3v) is 1.98. The van der Waals surface area contributed by atoms with E-state index in [1.54, 1.807) is 6.20 Å². The number of aliphatic carboxylic acids is 1. The van der Waals surface area contributed by atoms with Crippen LogP contribution in [0.25, 0.3) is 0 Å². The van der Waals surface area contributed by atoms with E-state index in [1.165, 1.54) is 4.68 Å². The highest BCUT2D eigenvalue weighted by Crippen LogP contribution is 2.03. The maximum atomic E-state index is 10.6. The molecule has 1 aromatic heterocycles. The normalized spacial score (nSPS) is 10.2. The molecule has 0 aliphatic rings. The molecular formula is C9H14N4O3. The first-order valence-electron chi connectivity index (χ1n) is 4.97. The van der Waals surface area contributed by atoms with Crippen molar-refractivity contribution in [1.29, 1.82) is 0 Å². The monoisotopic (exact) mass is 226 g/mol. The molecule has 1 aromatic rings. The summed E-state index contributed by atoms with van der Waals surface area (Å²) in [6, 6.07) is 0. The predicted molar refractivity (Wildman–Crippen MR) is 54.4 cm³/mol. The van der Waals surface area contributed by atoms with Gasteiger partial charge in [-0.05, 0) is 19.3 Å². The molecule has 1 amide bonds. The van der Waals surface area contributed by atoms with Crippen LogP contribution in [0.4, 0.5) is 0 Å². The topological polar surface area (TPSA) is 111 Å². The Morgan fingerprint density at radius 2 is 2.19 bits per heavy atom. The zero-order chi connectivity index (χ0) is 12.0. The summed E-state index contributed by atoms with van der Waals surface area (Å²) in [6.07, 6.45) is 3.81. The Morgan fingerprint density at radius 3 is 2.81 bits per heavy atom. The van der Waals surface area contributed by atoms with E-state index in [-0.39, 0.29) is 13.0 Å². The Morgan fingerprint density at radius 1 is 1.44 bits per heavy atom. The number of primary amides is 1. The number of carboxylic acid groups (broad SMARTS) is 1. The Bertz CT molecular complexity index is 375. The molecular weight excluding hydrogens is 212 g/mol. The van der Waals surface area contributed by atoms with Gasteiger partial charge in [0.1, 0.15) is 6.54 Å². The number of carbonyl (C=O) groups is 2. The molecule has 0 saturated heterocycles. The van der Waals surface area contributed by atoms with Crippen LogP contribution in [0.15, 0.2) is 6.20 Å². The van der Waals surface area contributed by atoms with Gasteiger partial charge in [0, 0.05) is 12.6 Å². The van der Waals surface area contributed by atoms with Crippen LogP contribution in [0.1, 0.15) is 25.0 Å². The molecule has 0 atom stereocenters. The summed E-state index contributed by atoms with van der Waals surface area (Å²) in [6.45, 7) is 0.0160. The van der Waals surface area contributed by atoms with Gasteiger partial charge in [-0.1, -0.05) is 5.21 Å². The van der Waals surface area contributed by atoms with Crippen molar-refractivity contribution in [3.05, 3.63) is 11.9 Å². The molecule has 0 radical (unpaired) electrons. The highest BCUT2D eigenvalue weighted by molar-refractivity contribution is 5.73. The molecule has 7 heteroatoms. The van der Waals surface area contributed by atoms with E-state index < -0.39 is 11.9 Å². The zero-order valence-electron chi connectivity index (χ0n) is 8.80. The average molecular weight is 226 g/mol. The Kier molecular flexibility index (Phi) is 4.43. The fourth-order valence-electron chi connectivity index (χ4n) is 1.27. The van der Waals surface area contributed by atoms with Crippen LogP contribution in [0.3, 0.4) is 0 Å². The number of hydrogen-bond donors (Lipinski definition) is 2. The molecule has 0 saturated carbocycles. The summed E-state index contributed by atoms with van der Waals surface area (Å²) in [5.41, 5.74) is 5.74. The quantitative estimate of drug-likeness (QED) is 0.612. The van der Waals surface area contributed by atoms with Gasteiger partial charge in [-0.15, -0.1) is 5.10 Å². The first-order valence-corrected chi connectivity index (χ1v) is 4.97. The second-order valence-corrected chi connectivity index (χ2v) is 3.47. The van der Waals surface area contributed by atoms with Crippen molar-refractivity contribution in [2.75, 3.05) is 0 Å². The number of nitrogens with two attached hydrogens (primary N) is 1. The minimum Gasteiger partial charge on any atom is -0.481 e. The van der Waals surface area contributed by atoms with Crippen molar-refractivity contribution in [2.45, 2.75) is 32.2 Å². The summed E-state index contributed by atoms with van der Waals surface area (Å²) < 4.78 is 1.37. The second kappa shape index (κ2) is 5.84. The van der Waals surface area contributed by atoms with Crippen molar-refractivity contribution in [3.8, 4) is 0 Å². The standard InChI is InChI=1S/C9H14N4O3/c10-8(14)6-13-5-7(11-12-13)3-1-2-4-9(15)16/h5H,1-4,6H2,(H2,10,14)(H,15,16). The van der Waals surface area contributed by atoms with E-state index in [2.05, 4.69) is 10.3 Å². The number of rotatable bonds is 7. The molecule has 1 heterocycles. The van der Waals surface area contributed by atoms with Crippen molar-refractivity contribution >= 4 is 11.9 Å². The van der Waals surface area contributed by atoms with E-state index in [9.17, 15) is 9.59 Å². The minimum atomic E-state index is -0.794. The highest BCUT2D eigenvalue weighted by atomic mass is 16.4. The highest BCUT2D eigenvalue weighted by Gasteiger charge is 2.03. The van der Waals surface area contributed by atoms with Gasteiger partial charge in [0.25, 0.3) is 0 Å². The molecule has 16 heavy (non-hydrogen) atoms. The van der Waals surface area contributed by atoms with Crippen LogP contribution >= 0.6 is 0 Å². The molecule has 0 unspecified atom stereocenters. The number of carboxylic acids is 1. The average Bonchev–Trinajstić information content (AvgIpc) is 2.59. The molecule has 0 bridgehead atoms. The van der Waals surface area contributed by atoms with Crippen LogP contribution < -0.4 is 5.73 Å². The summed E-state index contributed by atoms with van der Waals surface area (Å²) in [4.78, 5) is 20.8. The number of aromatic nitrogens is 3. The summed E-state index contributed by atoms with van der Waals surface area (Å²) in [5, 5.41) is 16.0. The predicted octanol–water partition coefficient (Wildman–Crippen LogP) is -0.439. The van der Waals surface area contributed by atoms with Crippen molar-refractivity contribution in [3.63, 3.8) is 0 Å². The lowest BCUT2D eigenvalue weighted by molar-refractivity contribution is -0.137. The number of unbranched alkanes of at least 4 members (excludes halogenated alkanes) is 1. The van der Waals surface area contributed by atoms with Crippen LogP contribution in [0.5, 0.6) is 0 Å². The Hall–Kier alpha value is -1.92. The fraction of sp³-hybridized carbons (Fsp3) is 0.556. The smallest absolute Gasteiger partial charge is 0.303 e. The van der Waals surface area contributed by atoms with E-state index in [1.807, 2.05) is 0 Å². The van der Waals surface area contributed by atoms with Gasteiger partial charge >= 0.3 is 5.97 Å². The van der Waals surface area contributed by atoms with Crippen LogP contribution in [0.2, 0.25) is 0 Å². The molecule has 0 fully saturated rings. The van der Waals surface area contributed by atoms with Crippen LogP contribution in [-0.2, 0) is 22.6 Å². The molecule has 0 spiro atoms. The number of nitrogens with zero attached hydrogens (tertiary/aromatic N) is 3. The maximum Gasteiger partial charge on any atom is 0.303 e. The van der Waals surface area contributed by atoms with Crippen LogP contribution in [0, 0.1) is 0 Å². The number of carbonyl (C=O) groups excluding carboxylic acids is 1.